The van der Waals surface area contributed by atoms with Gasteiger partial charge >= 0.3 is 12.2 Å². The number of carbonyl (C=O) groups excluding carboxylic acids is 1. The summed E-state index contributed by atoms with van der Waals surface area (Å²) in [6, 6.07) is 12.4. The van der Waals surface area contributed by atoms with Crippen molar-refractivity contribution in [2.45, 2.75) is 83.1 Å². The van der Waals surface area contributed by atoms with Gasteiger partial charge in [-0.05, 0) is 101 Å². The summed E-state index contributed by atoms with van der Waals surface area (Å²) in [5.41, 5.74) is 0.325. The van der Waals surface area contributed by atoms with Gasteiger partial charge in [-0.3, -0.25) is 4.90 Å². The monoisotopic (exact) mass is 544 g/mol. The molecule has 0 aliphatic heterocycles. The first-order valence-electron chi connectivity index (χ1n) is 13.6. The second-order valence-corrected chi connectivity index (χ2v) is 11.4. The number of alkyl halides is 3. The Bertz CT molecular complexity index is 1230. The Morgan fingerprint density at radius 3 is 2.46 bits per heavy atom. The summed E-state index contributed by atoms with van der Waals surface area (Å²) in [7, 11) is 0. The average Bonchev–Trinajstić information content (AvgIpc) is 3.61. The van der Waals surface area contributed by atoms with Crippen molar-refractivity contribution in [3.63, 3.8) is 0 Å². The fourth-order valence-corrected chi connectivity index (χ4v) is 6.35. The molecule has 0 saturated heterocycles. The van der Waals surface area contributed by atoms with Crippen LogP contribution in [0.3, 0.4) is 0 Å². The minimum absolute atomic E-state index is 0.0198. The van der Waals surface area contributed by atoms with E-state index in [1.807, 2.05) is 12.1 Å². The number of halogens is 4. The third-order valence-electron chi connectivity index (χ3n) is 8.43. The van der Waals surface area contributed by atoms with Crippen molar-refractivity contribution < 1.29 is 22.4 Å². The Morgan fingerprint density at radius 1 is 1.13 bits per heavy atom. The van der Waals surface area contributed by atoms with Crippen LogP contribution in [-0.2, 0) is 11.6 Å². The lowest BCUT2D eigenvalue weighted by Crippen LogP contribution is -2.50. The highest BCUT2D eigenvalue weighted by Gasteiger charge is 2.58. The lowest BCUT2D eigenvalue weighted by atomic mass is 9.80. The number of nitrogens with zero attached hydrogens (tertiary/aromatic N) is 3. The second kappa shape index (κ2) is 11.2. The van der Waals surface area contributed by atoms with E-state index >= 15 is 0 Å². The van der Waals surface area contributed by atoms with Gasteiger partial charge in [0.25, 0.3) is 0 Å². The summed E-state index contributed by atoms with van der Waals surface area (Å²) in [6.07, 6.45) is -1.47. The van der Waals surface area contributed by atoms with Crippen LogP contribution in [0.5, 0.6) is 0 Å². The molecule has 1 N–H and O–H groups in total. The predicted octanol–water partition coefficient (Wildman–Crippen LogP) is 7.18. The van der Waals surface area contributed by atoms with E-state index < -0.39 is 23.6 Å². The summed E-state index contributed by atoms with van der Waals surface area (Å²) in [6.45, 7) is 9.42. The molecule has 2 amide bonds. The number of nitrogens with one attached hydrogen (secondary N) is 1. The van der Waals surface area contributed by atoms with E-state index in [1.165, 1.54) is 0 Å². The first-order valence-corrected chi connectivity index (χ1v) is 13.6. The molecule has 0 bridgehead atoms. The van der Waals surface area contributed by atoms with Crippen LogP contribution in [0.15, 0.2) is 42.5 Å². The van der Waals surface area contributed by atoms with Gasteiger partial charge in [0.15, 0.2) is 0 Å². The van der Waals surface area contributed by atoms with Crippen molar-refractivity contribution >= 4 is 11.7 Å². The van der Waals surface area contributed by atoms with Gasteiger partial charge in [-0.1, -0.05) is 12.1 Å². The predicted molar refractivity (Wildman–Crippen MR) is 143 cm³/mol. The molecular weight excluding hydrogens is 508 g/mol. The number of anilines is 1. The molecule has 2 aliphatic rings. The van der Waals surface area contributed by atoms with Crippen molar-refractivity contribution in [1.29, 1.82) is 5.26 Å². The Morgan fingerprint density at radius 2 is 1.85 bits per heavy atom. The number of hydrogen-bond acceptors (Lipinski definition) is 3. The molecule has 3 atom stereocenters. The zero-order valence-corrected chi connectivity index (χ0v) is 22.9. The average molecular weight is 545 g/mol. The highest BCUT2D eigenvalue weighted by atomic mass is 19.4. The SMILES string of the molecule is CC(C)N(CCN(C(=O)Nc1ccc(F)c(C(F)(F)F)c1)[C@H]1CC[C@]2(c3cccc(C#N)c3)CC2C1)C(C)C. The van der Waals surface area contributed by atoms with Crippen LogP contribution in [0.2, 0.25) is 0 Å². The maximum Gasteiger partial charge on any atom is 0.419 e. The highest BCUT2D eigenvalue weighted by Crippen LogP contribution is 2.62. The Kier molecular flexibility index (Phi) is 8.27. The molecule has 2 aromatic carbocycles. The molecule has 210 valence electrons. The van der Waals surface area contributed by atoms with Crippen LogP contribution in [0.25, 0.3) is 0 Å². The topological polar surface area (TPSA) is 59.4 Å². The van der Waals surface area contributed by atoms with E-state index in [2.05, 4.69) is 50.0 Å². The van der Waals surface area contributed by atoms with Gasteiger partial charge in [0.1, 0.15) is 5.82 Å². The Hall–Kier alpha value is -3.12. The van der Waals surface area contributed by atoms with E-state index in [0.29, 0.717) is 30.6 Å². The minimum atomic E-state index is -4.86. The number of carbonyl (C=O) groups is 1. The van der Waals surface area contributed by atoms with Crippen molar-refractivity contribution in [3.8, 4) is 6.07 Å². The van der Waals surface area contributed by atoms with Gasteiger partial charge in [-0.25, -0.2) is 9.18 Å². The van der Waals surface area contributed by atoms with Crippen LogP contribution in [0.4, 0.5) is 28.0 Å². The van der Waals surface area contributed by atoms with Crippen LogP contribution < -0.4 is 5.32 Å². The standard InChI is InChI=1S/C30H36F4N4O/c1-19(2)37(20(3)4)12-13-38(28(39)36-24-8-9-27(31)26(16-24)30(32,33)34)25-10-11-29(17-23(29)15-25)22-7-5-6-21(14-22)18-35/h5-9,14,16,19-20,23,25H,10-13,15,17H2,1-4H3,(H,36,39)/t23?,25-,29+/m0/s1. The molecule has 0 aromatic heterocycles. The molecule has 0 spiro atoms. The third-order valence-corrected chi connectivity index (χ3v) is 8.43. The highest BCUT2D eigenvalue weighted by molar-refractivity contribution is 5.89. The number of nitriles is 1. The van der Waals surface area contributed by atoms with Crippen molar-refractivity contribution in [2.75, 3.05) is 18.4 Å². The van der Waals surface area contributed by atoms with Gasteiger partial charge in [0.2, 0.25) is 0 Å². The lowest BCUT2D eigenvalue weighted by molar-refractivity contribution is -0.139. The van der Waals surface area contributed by atoms with Gasteiger partial charge in [0, 0.05) is 36.9 Å². The van der Waals surface area contributed by atoms with Crippen LogP contribution in [0.1, 0.15) is 70.1 Å². The van der Waals surface area contributed by atoms with Crippen molar-refractivity contribution in [3.05, 3.63) is 65.0 Å². The molecule has 2 aromatic rings. The van der Waals surface area contributed by atoms with E-state index in [-0.39, 0.29) is 29.2 Å². The fraction of sp³-hybridized carbons (Fsp3) is 0.533. The second-order valence-electron chi connectivity index (χ2n) is 11.4. The Balaban J connectivity index is 1.54. The molecule has 0 radical (unpaired) electrons. The molecule has 1 unspecified atom stereocenters. The molecule has 4 rings (SSSR count). The maximum absolute atomic E-state index is 13.8. The summed E-state index contributed by atoms with van der Waals surface area (Å²) >= 11 is 0. The van der Waals surface area contributed by atoms with Crippen LogP contribution >= 0.6 is 0 Å². The summed E-state index contributed by atoms with van der Waals surface area (Å²) in [4.78, 5) is 17.6. The van der Waals surface area contributed by atoms with Gasteiger partial charge < -0.3 is 10.2 Å². The van der Waals surface area contributed by atoms with Crippen LogP contribution in [-0.4, -0.2) is 47.0 Å². The summed E-state index contributed by atoms with van der Waals surface area (Å²) < 4.78 is 53.6. The van der Waals surface area contributed by atoms with Crippen molar-refractivity contribution in [1.82, 2.24) is 9.80 Å². The smallest absolute Gasteiger partial charge is 0.320 e. The number of rotatable bonds is 8. The fourth-order valence-electron chi connectivity index (χ4n) is 6.35. The lowest BCUT2D eigenvalue weighted by Gasteiger charge is -2.39. The summed E-state index contributed by atoms with van der Waals surface area (Å²) in [5.74, 6) is -1.01. The zero-order chi connectivity index (χ0) is 28.5. The number of fused-ring (bicyclic) bond motifs is 1. The maximum atomic E-state index is 13.8. The van der Waals surface area contributed by atoms with Gasteiger partial charge in [-0.2, -0.15) is 18.4 Å². The number of amides is 2. The first kappa shape index (κ1) is 28.9. The molecule has 39 heavy (non-hydrogen) atoms. The Labute approximate surface area is 227 Å². The van der Waals surface area contributed by atoms with E-state index in [9.17, 15) is 27.6 Å². The number of benzene rings is 2. The molecule has 2 aliphatic carbocycles. The van der Waals surface area contributed by atoms with E-state index in [0.717, 1.165) is 43.4 Å². The van der Waals surface area contributed by atoms with Gasteiger partial charge in [-0.15, -0.1) is 0 Å². The molecular formula is C30H36F4N4O. The molecule has 2 saturated carbocycles. The van der Waals surface area contributed by atoms with Gasteiger partial charge in [0.05, 0.1) is 17.2 Å². The normalized spacial score (nSPS) is 22.5. The number of hydrogen-bond donors (Lipinski definition) is 1. The van der Waals surface area contributed by atoms with Crippen LogP contribution in [0, 0.1) is 23.1 Å². The van der Waals surface area contributed by atoms with E-state index in [4.69, 9.17) is 0 Å². The first-order chi connectivity index (χ1) is 18.4. The number of urea groups is 1. The zero-order valence-electron chi connectivity index (χ0n) is 22.9. The molecule has 0 heterocycles. The van der Waals surface area contributed by atoms with Crippen molar-refractivity contribution in [2.24, 2.45) is 5.92 Å². The quantitative estimate of drug-likeness (QED) is 0.358. The van der Waals surface area contributed by atoms with E-state index in [1.54, 1.807) is 11.0 Å². The minimum Gasteiger partial charge on any atom is -0.320 e. The molecule has 2 fully saturated rings. The third kappa shape index (κ3) is 6.22. The summed E-state index contributed by atoms with van der Waals surface area (Å²) in [5, 5.41) is 11.9. The molecule has 5 nitrogen and oxygen atoms in total. The molecule has 9 heteroatoms. The largest absolute Gasteiger partial charge is 0.419 e.